The molecule has 4 heteroatoms. The third kappa shape index (κ3) is 1.92. The van der Waals surface area contributed by atoms with E-state index in [4.69, 9.17) is 12.4 Å². The van der Waals surface area contributed by atoms with Gasteiger partial charge in [-0.1, -0.05) is 20.6 Å². The van der Waals surface area contributed by atoms with Gasteiger partial charge in [0, 0.05) is 16.6 Å². The van der Waals surface area contributed by atoms with Crippen molar-refractivity contribution in [2.45, 2.75) is 6.54 Å². The Morgan fingerprint density at radius 2 is 2.45 bits per heavy atom. The number of aromatic nitrogens is 1. The van der Waals surface area contributed by atoms with E-state index >= 15 is 0 Å². The Balaban J connectivity index is 3.05. The zero-order valence-corrected chi connectivity index (χ0v) is 7.37. The van der Waals surface area contributed by atoms with Crippen LogP contribution in [-0.4, -0.2) is 0 Å². The summed E-state index contributed by atoms with van der Waals surface area (Å²) in [6.07, 6.45) is 1.71. The fourth-order valence-corrected chi connectivity index (χ4v) is 1.12. The molecule has 0 aromatic carbocycles. The molecule has 1 aromatic rings. The summed E-state index contributed by atoms with van der Waals surface area (Å²) in [5, 5.41) is 0. The van der Waals surface area contributed by atoms with Crippen molar-refractivity contribution < 1.29 is 4.68 Å². The van der Waals surface area contributed by atoms with Gasteiger partial charge in [0.05, 0.1) is 0 Å². The molecule has 0 radical (unpaired) electrons. The molecule has 1 heterocycles. The minimum absolute atomic E-state index is 0.315. The summed E-state index contributed by atoms with van der Waals surface area (Å²) in [6, 6.07) is 3.66. The Labute approximate surface area is 73.4 Å². The predicted octanol–water partition coefficient (Wildman–Crippen LogP) is 0.870. The highest BCUT2D eigenvalue weighted by atomic mass is 79.9. The Morgan fingerprint density at radius 1 is 1.73 bits per heavy atom. The van der Waals surface area contributed by atoms with Crippen molar-refractivity contribution in [2.24, 2.45) is 0 Å². The molecule has 0 amide bonds. The maximum atomic E-state index is 6.65. The maximum Gasteiger partial charge on any atom is 0.299 e. The Bertz CT molecular complexity index is 303. The smallest absolute Gasteiger partial charge is 0.299 e. The fraction of sp³-hybridized carbons (Fsp3) is 0.143. The van der Waals surface area contributed by atoms with Crippen molar-refractivity contribution in [3.63, 3.8) is 0 Å². The van der Waals surface area contributed by atoms with Crippen LogP contribution in [0.4, 0.5) is 0 Å². The van der Waals surface area contributed by atoms with Crippen LogP contribution < -0.4 is 10.5 Å². The number of hydrogen-bond acceptors (Lipinski definition) is 1. The SMILES string of the molecule is [C-]#[N+]Cc1cc(Br)cc[n+]1N. The second-order valence-corrected chi connectivity index (χ2v) is 2.98. The van der Waals surface area contributed by atoms with E-state index in [1.165, 1.54) is 4.68 Å². The molecular formula is C7H7BrN3+. The van der Waals surface area contributed by atoms with Crippen LogP contribution in [0, 0.1) is 6.57 Å². The van der Waals surface area contributed by atoms with Gasteiger partial charge in [-0.05, 0) is 0 Å². The molecule has 0 fully saturated rings. The van der Waals surface area contributed by atoms with E-state index in [2.05, 4.69) is 20.8 Å². The van der Waals surface area contributed by atoms with Gasteiger partial charge in [-0.25, -0.2) is 12.4 Å². The van der Waals surface area contributed by atoms with E-state index in [1.54, 1.807) is 6.20 Å². The second-order valence-electron chi connectivity index (χ2n) is 2.06. The summed E-state index contributed by atoms with van der Waals surface area (Å²) >= 11 is 3.29. The van der Waals surface area contributed by atoms with Crippen LogP contribution in [0.2, 0.25) is 0 Å². The molecule has 0 unspecified atom stereocenters. The van der Waals surface area contributed by atoms with Crippen molar-refractivity contribution in [2.75, 3.05) is 5.84 Å². The van der Waals surface area contributed by atoms with Crippen LogP contribution in [0.1, 0.15) is 5.69 Å². The average molecular weight is 213 g/mol. The normalized spacial score (nSPS) is 9.09. The molecule has 0 saturated carbocycles. The number of pyridine rings is 1. The molecule has 0 bridgehead atoms. The molecule has 0 aliphatic rings. The maximum absolute atomic E-state index is 6.65. The molecule has 0 spiro atoms. The van der Waals surface area contributed by atoms with E-state index in [0.29, 0.717) is 6.54 Å². The molecule has 0 aliphatic carbocycles. The zero-order chi connectivity index (χ0) is 8.27. The van der Waals surface area contributed by atoms with Crippen LogP contribution in [-0.2, 0) is 6.54 Å². The summed E-state index contributed by atoms with van der Waals surface area (Å²) in [4.78, 5) is 3.24. The number of nitrogen functional groups attached to an aromatic ring is 1. The van der Waals surface area contributed by atoms with Crippen LogP contribution in [0.5, 0.6) is 0 Å². The van der Waals surface area contributed by atoms with Gasteiger partial charge in [0.25, 0.3) is 12.2 Å². The lowest BCUT2D eigenvalue weighted by molar-refractivity contribution is -0.646. The first-order chi connectivity index (χ1) is 5.24. The standard InChI is InChI=1S/C7H7BrN3/c1-10-5-7-4-6(8)2-3-11(7)9/h2-4H,5,9H2/q+1. The van der Waals surface area contributed by atoms with Crippen molar-refractivity contribution in [1.29, 1.82) is 0 Å². The van der Waals surface area contributed by atoms with Gasteiger partial charge in [-0.3, -0.25) is 0 Å². The van der Waals surface area contributed by atoms with Gasteiger partial charge in [0.15, 0.2) is 0 Å². The molecule has 1 rings (SSSR count). The number of hydrogen-bond donors (Lipinski definition) is 1. The second kappa shape index (κ2) is 3.35. The highest BCUT2D eigenvalue weighted by molar-refractivity contribution is 9.10. The van der Waals surface area contributed by atoms with Gasteiger partial charge in [-0.15, -0.1) is 0 Å². The number of rotatable bonds is 1. The summed E-state index contributed by atoms with van der Waals surface area (Å²) in [7, 11) is 0. The third-order valence-electron chi connectivity index (χ3n) is 1.27. The van der Waals surface area contributed by atoms with E-state index in [0.717, 1.165) is 10.2 Å². The van der Waals surface area contributed by atoms with E-state index in [1.807, 2.05) is 12.1 Å². The predicted molar refractivity (Wildman–Crippen MR) is 44.8 cm³/mol. The van der Waals surface area contributed by atoms with Gasteiger partial charge in [-0.2, -0.15) is 0 Å². The monoisotopic (exact) mass is 212 g/mol. The molecular weight excluding hydrogens is 206 g/mol. The van der Waals surface area contributed by atoms with Crippen LogP contribution >= 0.6 is 15.9 Å². The summed E-state index contributed by atoms with van der Waals surface area (Å²) in [6.45, 7) is 6.96. The largest absolute Gasteiger partial charge is 0.305 e. The number of nitrogens with two attached hydrogens (primary N) is 1. The minimum atomic E-state index is 0.315. The van der Waals surface area contributed by atoms with Gasteiger partial charge in [0.1, 0.15) is 0 Å². The van der Waals surface area contributed by atoms with Gasteiger partial charge >= 0.3 is 0 Å². The molecule has 56 valence electrons. The quantitative estimate of drug-likeness (QED) is 0.419. The summed E-state index contributed by atoms with van der Waals surface area (Å²) in [5.74, 6) is 5.53. The topological polar surface area (TPSA) is 34.3 Å². The molecule has 3 nitrogen and oxygen atoms in total. The van der Waals surface area contributed by atoms with Gasteiger partial charge in [0.2, 0.25) is 6.20 Å². The Hall–Kier alpha value is -1.08. The van der Waals surface area contributed by atoms with Crippen molar-refractivity contribution in [3.8, 4) is 0 Å². The van der Waals surface area contributed by atoms with Crippen molar-refractivity contribution in [3.05, 3.63) is 39.9 Å². The number of nitrogens with zero attached hydrogens (tertiary/aromatic N) is 2. The van der Waals surface area contributed by atoms with Crippen molar-refractivity contribution >= 4 is 15.9 Å². The molecule has 11 heavy (non-hydrogen) atoms. The van der Waals surface area contributed by atoms with Crippen molar-refractivity contribution in [1.82, 2.24) is 0 Å². The molecule has 2 N–H and O–H groups in total. The Kier molecular flexibility index (Phi) is 2.44. The molecule has 0 aliphatic heterocycles. The van der Waals surface area contributed by atoms with Crippen LogP contribution in [0.3, 0.4) is 0 Å². The average Bonchev–Trinajstić information content (AvgIpc) is 1.98. The molecule has 1 aromatic heterocycles. The van der Waals surface area contributed by atoms with E-state index in [-0.39, 0.29) is 0 Å². The first-order valence-corrected chi connectivity index (χ1v) is 3.81. The van der Waals surface area contributed by atoms with E-state index < -0.39 is 0 Å². The lowest BCUT2D eigenvalue weighted by Gasteiger charge is -1.91. The van der Waals surface area contributed by atoms with Crippen LogP contribution in [0.25, 0.3) is 4.85 Å². The third-order valence-corrected chi connectivity index (χ3v) is 1.76. The first-order valence-electron chi connectivity index (χ1n) is 3.02. The zero-order valence-electron chi connectivity index (χ0n) is 5.79. The lowest BCUT2D eigenvalue weighted by Crippen LogP contribution is -2.47. The molecule has 0 saturated heterocycles. The Morgan fingerprint density at radius 3 is 3.09 bits per heavy atom. The fourth-order valence-electron chi connectivity index (χ4n) is 0.737. The number of halogens is 1. The minimum Gasteiger partial charge on any atom is -0.305 e. The lowest BCUT2D eigenvalue weighted by atomic mass is 10.3. The molecule has 0 atom stereocenters. The van der Waals surface area contributed by atoms with E-state index in [9.17, 15) is 0 Å². The van der Waals surface area contributed by atoms with Crippen LogP contribution in [0.15, 0.2) is 22.8 Å². The summed E-state index contributed by atoms with van der Waals surface area (Å²) < 4.78 is 2.39. The highest BCUT2D eigenvalue weighted by Crippen LogP contribution is 2.07. The highest BCUT2D eigenvalue weighted by Gasteiger charge is 2.09. The van der Waals surface area contributed by atoms with Gasteiger partial charge < -0.3 is 4.85 Å². The first kappa shape index (κ1) is 8.02. The summed E-state index contributed by atoms with van der Waals surface area (Å²) in [5.41, 5.74) is 0.800.